The van der Waals surface area contributed by atoms with Crippen molar-refractivity contribution < 1.29 is 14.6 Å². The van der Waals surface area contributed by atoms with E-state index in [-0.39, 0.29) is 11.3 Å². The van der Waals surface area contributed by atoms with Crippen LogP contribution in [0.15, 0.2) is 18.5 Å². The molecule has 4 aliphatic rings. The number of aromatic nitrogens is 4. The number of Topliss-reactive ketones (excluding diaryl/α,β-unsaturated/α-hetero) is 1. The van der Waals surface area contributed by atoms with Crippen molar-refractivity contribution in [2.45, 2.75) is 76.9 Å². The highest BCUT2D eigenvalue weighted by Crippen LogP contribution is 2.64. The summed E-state index contributed by atoms with van der Waals surface area (Å²) < 4.78 is 7.10. The molecule has 7 heteroatoms. The maximum absolute atomic E-state index is 13.6. The van der Waals surface area contributed by atoms with Crippen molar-refractivity contribution in [2.75, 3.05) is 13.7 Å². The third kappa shape index (κ3) is 3.53. The van der Waals surface area contributed by atoms with Crippen LogP contribution in [0.1, 0.15) is 64.7 Å². The summed E-state index contributed by atoms with van der Waals surface area (Å²) in [7, 11) is 1.70. The van der Waals surface area contributed by atoms with Gasteiger partial charge in [-0.3, -0.25) is 9.78 Å². The van der Waals surface area contributed by atoms with Crippen molar-refractivity contribution in [2.24, 2.45) is 40.9 Å². The second-order valence-corrected chi connectivity index (χ2v) is 12.1. The highest BCUT2D eigenvalue weighted by molar-refractivity contribution is 5.84. The van der Waals surface area contributed by atoms with Gasteiger partial charge in [0.05, 0.1) is 23.9 Å². The minimum absolute atomic E-state index is 0.106. The van der Waals surface area contributed by atoms with Gasteiger partial charge in [-0.1, -0.05) is 12.1 Å². The molecule has 0 radical (unpaired) electrons. The van der Waals surface area contributed by atoms with E-state index < -0.39 is 5.60 Å². The van der Waals surface area contributed by atoms with E-state index in [0.717, 1.165) is 60.9 Å². The molecule has 2 aromatic rings. The van der Waals surface area contributed by atoms with Gasteiger partial charge in [0.15, 0.2) is 5.78 Å². The minimum atomic E-state index is -0.627. The molecule has 2 aromatic heterocycles. The Kier molecular flexibility index (Phi) is 5.56. The predicted octanol–water partition coefficient (Wildman–Crippen LogP) is 4.04. The van der Waals surface area contributed by atoms with Crippen molar-refractivity contribution in [1.82, 2.24) is 20.0 Å². The van der Waals surface area contributed by atoms with Crippen LogP contribution in [0.2, 0.25) is 0 Å². The molecule has 6 rings (SSSR count). The topological polar surface area (TPSA) is 90.1 Å². The number of methoxy groups -OCH3 is 1. The molecule has 7 nitrogen and oxygen atoms in total. The third-order valence-corrected chi connectivity index (χ3v) is 10.5. The van der Waals surface area contributed by atoms with Gasteiger partial charge in [-0.15, -0.1) is 5.10 Å². The number of hydrogen-bond donors (Lipinski definition) is 1. The number of ketones is 1. The first-order valence-corrected chi connectivity index (χ1v) is 13.3. The van der Waals surface area contributed by atoms with Crippen LogP contribution >= 0.6 is 0 Å². The summed E-state index contributed by atoms with van der Waals surface area (Å²) in [5, 5.41) is 19.4. The first-order chi connectivity index (χ1) is 16.4. The number of carbonyl (C=O) groups excluding carboxylic acids is 1. The van der Waals surface area contributed by atoms with Crippen molar-refractivity contribution in [3.63, 3.8) is 0 Å². The highest BCUT2D eigenvalue weighted by atomic mass is 16.5. The maximum Gasteiger partial charge on any atom is 0.157 e. The van der Waals surface area contributed by atoms with Gasteiger partial charge in [0.2, 0.25) is 0 Å². The number of carbonyl (C=O) groups is 1. The Bertz CT molecular complexity index is 1070. The number of fused-ring (bicyclic) bond motifs is 6. The smallest absolute Gasteiger partial charge is 0.157 e. The molecular formula is C27H38N4O3. The van der Waals surface area contributed by atoms with Crippen LogP contribution in [-0.2, 0) is 16.1 Å². The average molecular weight is 467 g/mol. The molecule has 0 saturated heterocycles. The zero-order valence-corrected chi connectivity index (χ0v) is 20.5. The molecule has 0 spiro atoms. The molecule has 2 heterocycles. The normalized spacial score (nSPS) is 41.6. The standard InChI is InChI=1S/C27H38N4O3/c1-26-10-7-19-18-8-11-27(33,16-34-2)13-17(18)3-4-20(19)21(26)5-6-22(26)25(32)15-31-24-9-12-28-14-23(24)29-30-31/h9,12,14,17-22,33H,3-8,10-11,13,15-16H2,1-2H3. The lowest BCUT2D eigenvalue weighted by Crippen LogP contribution is -2.52. The van der Waals surface area contributed by atoms with Gasteiger partial charge in [0, 0.05) is 19.2 Å². The number of hydrogen-bond acceptors (Lipinski definition) is 6. The zero-order chi connectivity index (χ0) is 23.5. The van der Waals surface area contributed by atoms with Crippen LogP contribution < -0.4 is 0 Å². The molecule has 4 saturated carbocycles. The summed E-state index contributed by atoms with van der Waals surface area (Å²) in [6.07, 6.45) is 13.4. The Morgan fingerprint density at radius 1 is 1.15 bits per heavy atom. The molecule has 8 atom stereocenters. The number of rotatable bonds is 5. The van der Waals surface area contributed by atoms with Gasteiger partial charge in [-0.05, 0) is 98.9 Å². The average Bonchev–Trinajstić information content (AvgIpc) is 3.39. The fourth-order valence-corrected chi connectivity index (χ4v) is 9.09. The van der Waals surface area contributed by atoms with E-state index in [4.69, 9.17) is 4.74 Å². The lowest BCUT2D eigenvalue weighted by molar-refractivity contribution is -0.136. The Morgan fingerprint density at radius 2 is 2.00 bits per heavy atom. The monoisotopic (exact) mass is 466 g/mol. The molecule has 0 amide bonds. The fraction of sp³-hybridized carbons (Fsp3) is 0.778. The van der Waals surface area contributed by atoms with E-state index in [9.17, 15) is 9.90 Å². The second kappa shape index (κ2) is 8.37. The summed E-state index contributed by atoms with van der Waals surface area (Å²) in [5.74, 6) is 3.98. The molecule has 34 heavy (non-hydrogen) atoms. The van der Waals surface area contributed by atoms with E-state index in [1.807, 2.05) is 6.07 Å². The molecule has 0 aromatic carbocycles. The first-order valence-electron chi connectivity index (χ1n) is 13.3. The molecule has 0 bridgehead atoms. The third-order valence-electron chi connectivity index (χ3n) is 10.5. The van der Waals surface area contributed by atoms with E-state index in [1.54, 1.807) is 24.2 Å². The Morgan fingerprint density at radius 3 is 2.85 bits per heavy atom. The second-order valence-electron chi connectivity index (χ2n) is 12.1. The summed E-state index contributed by atoms with van der Waals surface area (Å²) in [4.78, 5) is 17.7. The van der Waals surface area contributed by atoms with E-state index in [1.165, 1.54) is 25.7 Å². The molecular weight excluding hydrogens is 428 g/mol. The van der Waals surface area contributed by atoms with Crippen molar-refractivity contribution in [3.8, 4) is 0 Å². The van der Waals surface area contributed by atoms with E-state index >= 15 is 0 Å². The summed E-state index contributed by atoms with van der Waals surface area (Å²) in [6.45, 7) is 3.19. The quantitative estimate of drug-likeness (QED) is 0.715. The van der Waals surface area contributed by atoms with Crippen molar-refractivity contribution >= 4 is 16.8 Å². The maximum atomic E-state index is 13.6. The summed E-state index contributed by atoms with van der Waals surface area (Å²) in [6, 6.07) is 1.89. The predicted molar refractivity (Wildman–Crippen MR) is 128 cm³/mol. The van der Waals surface area contributed by atoms with Crippen molar-refractivity contribution in [1.29, 1.82) is 0 Å². The van der Waals surface area contributed by atoms with Crippen LogP contribution in [0.4, 0.5) is 0 Å². The molecule has 184 valence electrons. The lowest BCUT2D eigenvalue weighted by atomic mass is 9.49. The van der Waals surface area contributed by atoms with Gasteiger partial charge < -0.3 is 9.84 Å². The van der Waals surface area contributed by atoms with Crippen LogP contribution in [0.25, 0.3) is 11.0 Å². The van der Waals surface area contributed by atoms with E-state index in [2.05, 4.69) is 22.2 Å². The number of aliphatic hydroxyl groups is 1. The number of nitrogens with zero attached hydrogens (tertiary/aromatic N) is 4. The van der Waals surface area contributed by atoms with Gasteiger partial charge >= 0.3 is 0 Å². The van der Waals surface area contributed by atoms with Gasteiger partial charge in [-0.2, -0.15) is 0 Å². The Labute approximate surface area is 201 Å². The Hall–Kier alpha value is -1.86. The fourth-order valence-electron chi connectivity index (χ4n) is 9.09. The lowest BCUT2D eigenvalue weighted by Gasteiger charge is -2.57. The van der Waals surface area contributed by atoms with Crippen LogP contribution in [0.3, 0.4) is 0 Å². The van der Waals surface area contributed by atoms with Gasteiger partial charge in [0.1, 0.15) is 12.1 Å². The van der Waals surface area contributed by atoms with Crippen LogP contribution in [-0.4, -0.2) is 50.2 Å². The highest BCUT2D eigenvalue weighted by Gasteiger charge is 2.59. The SMILES string of the molecule is COCC1(O)CCC2C(CCC3C2CCC2(C)C(C(=O)Cn4nnc5cnccc54)CCC32)C1. The first kappa shape index (κ1) is 22.6. The van der Waals surface area contributed by atoms with Crippen LogP contribution in [0.5, 0.6) is 0 Å². The Balaban J connectivity index is 1.17. The van der Waals surface area contributed by atoms with Crippen molar-refractivity contribution in [3.05, 3.63) is 18.5 Å². The molecule has 4 aliphatic carbocycles. The molecule has 1 N–H and O–H groups in total. The number of ether oxygens (including phenoxy) is 1. The molecule has 8 unspecified atom stereocenters. The van der Waals surface area contributed by atoms with E-state index in [0.29, 0.717) is 30.8 Å². The van der Waals surface area contributed by atoms with Gasteiger partial charge in [-0.25, -0.2) is 4.68 Å². The summed E-state index contributed by atoms with van der Waals surface area (Å²) in [5.41, 5.74) is 1.11. The van der Waals surface area contributed by atoms with Crippen LogP contribution in [0, 0.1) is 40.9 Å². The summed E-state index contributed by atoms with van der Waals surface area (Å²) >= 11 is 0. The zero-order valence-electron chi connectivity index (χ0n) is 20.5. The van der Waals surface area contributed by atoms with Gasteiger partial charge in [0.25, 0.3) is 0 Å². The number of pyridine rings is 1. The molecule has 0 aliphatic heterocycles. The molecule has 4 fully saturated rings. The minimum Gasteiger partial charge on any atom is -0.387 e. The largest absolute Gasteiger partial charge is 0.387 e.